The molecule has 0 heterocycles. The lowest BCUT2D eigenvalue weighted by Crippen LogP contribution is -2.45. The van der Waals surface area contributed by atoms with E-state index < -0.39 is 0 Å². The van der Waals surface area contributed by atoms with Gasteiger partial charge in [-0.3, -0.25) is 4.79 Å². The Bertz CT molecular complexity index is 199. The predicted molar refractivity (Wildman–Crippen MR) is 57.7 cm³/mol. The molecule has 0 aromatic heterocycles. The Kier molecular flexibility index (Phi) is 3.93. The van der Waals surface area contributed by atoms with Gasteiger partial charge in [0, 0.05) is 6.54 Å². The summed E-state index contributed by atoms with van der Waals surface area (Å²) in [7, 11) is 0. The highest BCUT2D eigenvalue weighted by Gasteiger charge is 2.28. The van der Waals surface area contributed by atoms with Gasteiger partial charge in [0.1, 0.15) is 0 Å². The van der Waals surface area contributed by atoms with Crippen LogP contribution in [0.1, 0.15) is 33.6 Å². The third kappa shape index (κ3) is 3.29. The molecule has 14 heavy (non-hydrogen) atoms. The molecular formula is C11H22N2O. The fourth-order valence-corrected chi connectivity index (χ4v) is 1.51. The summed E-state index contributed by atoms with van der Waals surface area (Å²) in [5.41, 5.74) is 5.73. The van der Waals surface area contributed by atoms with E-state index in [1.165, 1.54) is 12.8 Å². The van der Waals surface area contributed by atoms with Gasteiger partial charge < -0.3 is 11.1 Å². The van der Waals surface area contributed by atoms with Crippen LogP contribution in [0.15, 0.2) is 0 Å². The van der Waals surface area contributed by atoms with Gasteiger partial charge >= 0.3 is 0 Å². The zero-order valence-corrected chi connectivity index (χ0v) is 9.42. The molecule has 1 fully saturated rings. The number of hydrogen-bond donors (Lipinski definition) is 2. The molecular weight excluding hydrogens is 176 g/mol. The summed E-state index contributed by atoms with van der Waals surface area (Å²) in [4.78, 5) is 11.5. The fourth-order valence-electron chi connectivity index (χ4n) is 1.51. The van der Waals surface area contributed by atoms with Gasteiger partial charge in [0.2, 0.25) is 5.91 Å². The Morgan fingerprint density at radius 2 is 2.00 bits per heavy atom. The van der Waals surface area contributed by atoms with Gasteiger partial charge in [-0.25, -0.2) is 0 Å². The molecule has 1 aliphatic carbocycles. The fraction of sp³-hybridized carbons (Fsp3) is 0.909. The highest BCUT2D eigenvalue weighted by Crippen LogP contribution is 2.36. The number of nitrogens with one attached hydrogen (secondary N) is 1. The Hall–Kier alpha value is -0.570. The van der Waals surface area contributed by atoms with Crippen molar-refractivity contribution in [2.45, 2.75) is 39.7 Å². The molecule has 1 saturated carbocycles. The van der Waals surface area contributed by atoms with E-state index in [0.29, 0.717) is 5.92 Å². The number of amides is 1. The summed E-state index contributed by atoms with van der Waals surface area (Å²) in [5, 5.41) is 2.92. The number of carbonyl (C=O) groups is 1. The first-order valence-corrected chi connectivity index (χ1v) is 5.55. The summed E-state index contributed by atoms with van der Waals surface area (Å²) in [6, 6.07) is -0.360. The molecule has 0 spiro atoms. The second kappa shape index (κ2) is 4.78. The van der Waals surface area contributed by atoms with Crippen molar-refractivity contribution in [1.29, 1.82) is 0 Å². The zero-order chi connectivity index (χ0) is 10.7. The number of rotatable bonds is 5. The first kappa shape index (κ1) is 11.5. The van der Waals surface area contributed by atoms with E-state index in [9.17, 15) is 4.79 Å². The van der Waals surface area contributed by atoms with Crippen LogP contribution in [0.5, 0.6) is 0 Å². The molecule has 3 nitrogen and oxygen atoms in total. The first-order chi connectivity index (χ1) is 6.52. The van der Waals surface area contributed by atoms with Crippen LogP contribution in [-0.4, -0.2) is 18.5 Å². The lowest BCUT2D eigenvalue weighted by molar-refractivity contribution is -0.123. The van der Waals surface area contributed by atoms with Crippen molar-refractivity contribution in [2.24, 2.45) is 23.5 Å². The Morgan fingerprint density at radius 3 is 2.43 bits per heavy atom. The van der Waals surface area contributed by atoms with Crippen molar-refractivity contribution in [2.75, 3.05) is 6.54 Å². The summed E-state index contributed by atoms with van der Waals surface area (Å²) in [5.74, 6) is 1.66. The molecule has 82 valence electrons. The van der Waals surface area contributed by atoms with E-state index in [2.05, 4.69) is 12.2 Å². The summed E-state index contributed by atoms with van der Waals surface area (Å²) >= 11 is 0. The van der Waals surface area contributed by atoms with Crippen molar-refractivity contribution >= 4 is 5.91 Å². The van der Waals surface area contributed by atoms with E-state index >= 15 is 0 Å². The first-order valence-electron chi connectivity index (χ1n) is 5.55. The number of nitrogens with two attached hydrogens (primary N) is 1. The molecule has 3 heteroatoms. The third-order valence-electron chi connectivity index (χ3n) is 3.05. The number of hydrogen-bond acceptors (Lipinski definition) is 2. The molecule has 1 unspecified atom stereocenters. The van der Waals surface area contributed by atoms with Crippen LogP contribution >= 0.6 is 0 Å². The average molecular weight is 198 g/mol. The summed E-state index contributed by atoms with van der Waals surface area (Å²) in [6.45, 7) is 6.91. The predicted octanol–water partition coefficient (Wildman–Crippen LogP) is 1.13. The molecule has 0 saturated heterocycles. The van der Waals surface area contributed by atoms with Crippen LogP contribution in [0.2, 0.25) is 0 Å². The average Bonchev–Trinajstić information content (AvgIpc) is 2.95. The van der Waals surface area contributed by atoms with E-state index in [1.807, 2.05) is 13.8 Å². The minimum absolute atomic E-state index is 0.00694. The Balaban J connectivity index is 2.19. The topological polar surface area (TPSA) is 55.1 Å². The van der Waals surface area contributed by atoms with Crippen LogP contribution in [-0.2, 0) is 4.79 Å². The molecule has 3 N–H and O–H groups in total. The Morgan fingerprint density at radius 1 is 1.43 bits per heavy atom. The molecule has 0 radical (unpaired) electrons. The van der Waals surface area contributed by atoms with E-state index in [0.717, 1.165) is 12.5 Å². The van der Waals surface area contributed by atoms with Gasteiger partial charge in [0.15, 0.2) is 0 Å². The molecule has 0 aromatic rings. The van der Waals surface area contributed by atoms with Gasteiger partial charge in [-0.05, 0) is 30.6 Å². The van der Waals surface area contributed by atoms with Crippen molar-refractivity contribution in [3.05, 3.63) is 0 Å². The van der Waals surface area contributed by atoms with Crippen LogP contribution < -0.4 is 11.1 Å². The highest BCUT2D eigenvalue weighted by atomic mass is 16.2. The number of carbonyl (C=O) groups excluding carboxylic acids is 1. The van der Waals surface area contributed by atoms with Crippen LogP contribution in [0.4, 0.5) is 0 Å². The van der Waals surface area contributed by atoms with Crippen molar-refractivity contribution in [1.82, 2.24) is 5.32 Å². The highest BCUT2D eigenvalue weighted by molar-refractivity contribution is 5.81. The second-order valence-electron chi connectivity index (χ2n) is 4.83. The monoisotopic (exact) mass is 198 g/mol. The largest absolute Gasteiger partial charge is 0.354 e. The minimum atomic E-state index is -0.360. The van der Waals surface area contributed by atoms with Gasteiger partial charge in [-0.2, -0.15) is 0 Å². The third-order valence-corrected chi connectivity index (χ3v) is 3.05. The standard InChI is InChI=1S/C11H22N2O/c1-7(2)10(12)11(14)13-6-8(3)9-4-5-9/h7-10H,4-6,12H2,1-3H3,(H,13,14)/t8?,10-/m1/s1. The van der Waals surface area contributed by atoms with Gasteiger partial charge in [-0.1, -0.05) is 20.8 Å². The maximum atomic E-state index is 11.5. The maximum Gasteiger partial charge on any atom is 0.237 e. The van der Waals surface area contributed by atoms with E-state index in [4.69, 9.17) is 5.73 Å². The quantitative estimate of drug-likeness (QED) is 0.696. The summed E-state index contributed by atoms with van der Waals surface area (Å²) in [6.07, 6.45) is 2.65. The van der Waals surface area contributed by atoms with E-state index in [-0.39, 0.29) is 17.9 Å². The van der Waals surface area contributed by atoms with Gasteiger partial charge in [0.05, 0.1) is 6.04 Å². The molecule has 0 aliphatic heterocycles. The maximum absolute atomic E-state index is 11.5. The molecule has 1 rings (SSSR count). The molecule has 1 amide bonds. The van der Waals surface area contributed by atoms with Crippen LogP contribution in [0.25, 0.3) is 0 Å². The zero-order valence-electron chi connectivity index (χ0n) is 9.42. The normalized spacial score (nSPS) is 20.6. The van der Waals surface area contributed by atoms with Crippen molar-refractivity contribution in [3.8, 4) is 0 Å². The summed E-state index contributed by atoms with van der Waals surface area (Å²) < 4.78 is 0. The molecule has 0 aromatic carbocycles. The van der Waals surface area contributed by atoms with Gasteiger partial charge in [0.25, 0.3) is 0 Å². The van der Waals surface area contributed by atoms with Crippen LogP contribution in [0.3, 0.4) is 0 Å². The second-order valence-corrected chi connectivity index (χ2v) is 4.83. The van der Waals surface area contributed by atoms with Crippen molar-refractivity contribution in [3.63, 3.8) is 0 Å². The Labute approximate surface area is 86.4 Å². The molecule has 1 aliphatic rings. The molecule has 0 bridgehead atoms. The minimum Gasteiger partial charge on any atom is -0.354 e. The van der Waals surface area contributed by atoms with Crippen LogP contribution in [0, 0.1) is 17.8 Å². The lowest BCUT2D eigenvalue weighted by Gasteiger charge is -2.17. The smallest absolute Gasteiger partial charge is 0.237 e. The SMILES string of the molecule is CC(CNC(=O)[C@H](N)C(C)C)C1CC1. The van der Waals surface area contributed by atoms with Gasteiger partial charge in [-0.15, -0.1) is 0 Å². The van der Waals surface area contributed by atoms with E-state index in [1.54, 1.807) is 0 Å². The molecule has 2 atom stereocenters. The lowest BCUT2D eigenvalue weighted by atomic mass is 10.0. The van der Waals surface area contributed by atoms with Crippen molar-refractivity contribution < 1.29 is 4.79 Å².